The molecule has 0 atom stereocenters. The number of carbonyl (C=O) groups is 1. The molecule has 0 saturated heterocycles. The first kappa shape index (κ1) is 23.7. The normalized spacial score (nSPS) is 11.0. The molecule has 4 aromatic rings. The predicted molar refractivity (Wildman–Crippen MR) is 129 cm³/mol. The number of rotatable bonds is 5. The van der Waals surface area contributed by atoms with Crippen LogP contribution in [0.1, 0.15) is 15.9 Å². The van der Waals surface area contributed by atoms with Gasteiger partial charge in [0.1, 0.15) is 23.0 Å². The number of pyridine rings is 2. The Bertz CT molecular complexity index is 1470. The van der Waals surface area contributed by atoms with Crippen molar-refractivity contribution in [3.8, 4) is 5.69 Å². The largest absolute Gasteiger partial charge is 0.363 e. The van der Waals surface area contributed by atoms with E-state index in [1.807, 2.05) is 0 Å². The van der Waals surface area contributed by atoms with Crippen LogP contribution >= 0.6 is 23.2 Å². The summed E-state index contributed by atoms with van der Waals surface area (Å²) in [6.07, 6.45) is 1.19. The molecule has 0 bridgehead atoms. The molecule has 1 N–H and O–H groups in total. The molecule has 0 saturated carbocycles. The summed E-state index contributed by atoms with van der Waals surface area (Å²) in [5.41, 5.74) is -0.305. The van der Waals surface area contributed by atoms with E-state index in [1.165, 1.54) is 22.9 Å². The Hall–Kier alpha value is -3.49. The van der Waals surface area contributed by atoms with Crippen LogP contribution in [0.2, 0.25) is 10.0 Å². The molecule has 1 amide bonds. The van der Waals surface area contributed by atoms with Crippen LogP contribution in [0.15, 0.2) is 59.5 Å². The number of hydrogen-bond donors (Lipinski definition) is 1. The van der Waals surface area contributed by atoms with E-state index >= 15 is 0 Å². The minimum atomic E-state index is -0.879. The average Bonchev–Trinajstić information content (AvgIpc) is 2.79. The third-order valence-corrected chi connectivity index (χ3v) is 5.90. The maximum atomic E-state index is 14.7. The second-order valence-corrected chi connectivity index (χ2v) is 8.47. The molecule has 6 nitrogen and oxygen atoms in total. The topological polar surface area (TPSA) is 67.2 Å². The van der Waals surface area contributed by atoms with Gasteiger partial charge in [-0.3, -0.25) is 14.2 Å². The molecular formula is C24H18Cl2F2N4O2. The molecule has 0 unspecified atom stereocenters. The number of nitrogens with zero attached hydrogens (tertiary/aromatic N) is 3. The summed E-state index contributed by atoms with van der Waals surface area (Å²) in [7, 11) is 3.52. The summed E-state index contributed by atoms with van der Waals surface area (Å²) in [6.45, 7) is -0.0302. The van der Waals surface area contributed by atoms with Crippen LogP contribution in [0.25, 0.3) is 16.7 Å². The number of halogens is 4. The monoisotopic (exact) mass is 502 g/mol. The molecule has 4 rings (SSSR count). The minimum Gasteiger partial charge on any atom is -0.363 e. The van der Waals surface area contributed by atoms with Crippen LogP contribution in [0.4, 0.5) is 14.6 Å². The number of benzene rings is 2. The van der Waals surface area contributed by atoms with Crippen molar-refractivity contribution in [2.24, 2.45) is 0 Å². The number of nitrogens with one attached hydrogen (secondary N) is 1. The highest BCUT2D eigenvalue weighted by Gasteiger charge is 2.20. The van der Waals surface area contributed by atoms with Crippen molar-refractivity contribution in [3.63, 3.8) is 0 Å². The van der Waals surface area contributed by atoms with Gasteiger partial charge in [-0.15, -0.1) is 0 Å². The number of hydrogen-bond acceptors (Lipinski definition) is 4. The number of fused-ring (bicyclic) bond motifs is 1. The summed E-state index contributed by atoms with van der Waals surface area (Å²) < 4.78 is 29.5. The van der Waals surface area contributed by atoms with Gasteiger partial charge in [0.25, 0.3) is 5.91 Å². The third-order valence-electron chi connectivity index (χ3n) is 5.20. The highest BCUT2D eigenvalue weighted by molar-refractivity contribution is 6.36. The van der Waals surface area contributed by atoms with E-state index in [-0.39, 0.29) is 28.8 Å². The Morgan fingerprint density at radius 3 is 2.44 bits per heavy atom. The van der Waals surface area contributed by atoms with Gasteiger partial charge in [0.05, 0.1) is 11.1 Å². The molecule has 34 heavy (non-hydrogen) atoms. The lowest BCUT2D eigenvalue weighted by molar-refractivity contribution is 0.0949. The van der Waals surface area contributed by atoms with Crippen molar-refractivity contribution in [1.82, 2.24) is 14.9 Å². The van der Waals surface area contributed by atoms with Crippen molar-refractivity contribution < 1.29 is 13.6 Å². The third kappa shape index (κ3) is 4.47. The van der Waals surface area contributed by atoms with E-state index in [0.29, 0.717) is 27.5 Å². The van der Waals surface area contributed by atoms with E-state index < -0.39 is 23.0 Å². The molecule has 2 heterocycles. The lowest BCUT2D eigenvalue weighted by Gasteiger charge is -2.17. The van der Waals surface area contributed by atoms with Crippen molar-refractivity contribution in [3.05, 3.63) is 97.8 Å². The van der Waals surface area contributed by atoms with Gasteiger partial charge in [-0.25, -0.2) is 13.8 Å². The first-order valence-electron chi connectivity index (χ1n) is 10.1. The van der Waals surface area contributed by atoms with Gasteiger partial charge >= 0.3 is 0 Å². The smallest absolute Gasteiger partial charge is 0.257 e. The van der Waals surface area contributed by atoms with E-state index in [1.54, 1.807) is 43.3 Å². The Kier molecular flexibility index (Phi) is 6.54. The van der Waals surface area contributed by atoms with Crippen LogP contribution in [0.5, 0.6) is 0 Å². The molecule has 0 aliphatic heterocycles. The number of carbonyl (C=O) groups excluding carboxylic acids is 1. The second-order valence-electron chi connectivity index (χ2n) is 7.66. The minimum absolute atomic E-state index is 0.0302. The molecular weight excluding hydrogens is 485 g/mol. The van der Waals surface area contributed by atoms with Gasteiger partial charge < -0.3 is 10.2 Å². The molecule has 0 aliphatic carbocycles. The van der Waals surface area contributed by atoms with Crippen molar-refractivity contribution in [2.45, 2.75) is 6.54 Å². The Morgan fingerprint density at radius 2 is 1.79 bits per heavy atom. The fourth-order valence-corrected chi connectivity index (χ4v) is 3.96. The molecule has 0 spiro atoms. The summed E-state index contributed by atoms with van der Waals surface area (Å²) >= 11 is 12.3. The van der Waals surface area contributed by atoms with Crippen molar-refractivity contribution >= 4 is 46.0 Å². The van der Waals surface area contributed by atoms with Crippen LogP contribution in [-0.2, 0) is 6.54 Å². The highest BCUT2D eigenvalue weighted by atomic mass is 35.5. The van der Waals surface area contributed by atoms with Gasteiger partial charge in [-0.05, 0) is 36.4 Å². The van der Waals surface area contributed by atoms with E-state index in [2.05, 4.69) is 10.3 Å². The standard InChI is InChI=1S/C24H18Cl2F2N4O2/c1-31(2)21-9-7-14-22(33)16(24(34)29-11-15-17(25)4-3-5-18(15)26)12-32(23(14)30-21)20-8-6-13(27)10-19(20)28/h3-10,12H,11H2,1-2H3,(H,29,34). The molecule has 0 fully saturated rings. The summed E-state index contributed by atoms with van der Waals surface area (Å²) in [5, 5.41) is 3.44. The fourth-order valence-electron chi connectivity index (χ4n) is 3.43. The first-order chi connectivity index (χ1) is 16.2. The zero-order chi connectivity index (χ0) is 24.6. The maximum Gasteiger partial charge on any atom is 0.257 e. The highest BCUT2D eigenvalue weighted by Crippen LogP contribution is 2.25. The summed E-state index contributed by atoms with van der Waals surface area (Å²) in [4.78, 5) is 32.4. The van der Waals surface area contributed by atoms with E-state index in [9.17, 15) is 18.4 Å². The summed E-state index contributed by atoms with van der Waals surface area (Å²) in [6, 6.07) is 11.1. The lowest BCUT2D eigenvalue weighted by atomic mass is 10.1. The van der Waals surface area contributed by atoms with Crippen LogP contribution in [0, 0.1) is 11.6 Å². The molecule has 10 heteroatoms. The quantitative estimate of drug-likeness (QED) is 0.418. The average molecular weight is 503 g/mol. The lowest BCUT2D eigenvalue weighted by Crippen LogP contribution is -2.30. The molecule has 2 aromatic carbocycles. The van der Waals surface area contributed by atoms with E-state index in [0.717, 1.165) is 6.07 Å². The van der Waals surface area contributed by atoms with Crippen LogP contribution in [-0.4, -0.2) is 29.6 Å². The van der Waals surface area contributed by atoms with Crippen LogP contribution in [0.3, 0.4) is 0 Å². The van der Waals surface area contributed by atoms with Gasteiger partial charge in [0.2, 0.25) is 5.43 Å². The first-order valence-corrected chi connectivity index (χ1v) is 10.8. The zero-order valence-corrected chi connectivity index (χ0v) is 19.6. The van der Waals surface area contributed by atoms with Gasteiger partial charge in [0, 0.05) is 48.5 Å². The van der Waals surface area contributed by atoms with Gasteiger partial charge in [-0.2, -0.15) is 0 Å². The maximum absolute atomic E-state index is 14.7. The number of amides is 1. The molecule has 174 valence electrons. The molecule has 0 radical (unpaired) electrons. The van der Waals surface area contributed by atoms with Crippen LogP contribution < -0.4 is 15.6 Å². The second kappa shape index (κ2) is 9.40. The van der Waals surface area contributed by atoms with Gasteiger partial charge in [0.15, 0.2) is 5.65 Å². The van der Waals surface area contributed by atoms with Gasteiger partial charge in [-0.1, -0.05) is 29.3 Å². The molecule has 0 aliphatic rings. The van der Waals surface area contributed by atoms with E-state index in [4.69, 9.17) is 23.2 Å². The molecule has 2 aromatic heterocycles. The Balaban J connectivity index is 1.86. The number of anilines is 1. The fraction of sp³-hybridized carbons (Fsp3) is 0.125. The zero-order valence-electron chi connectivity index (χ0n) is 18.1. The Morgan fingerprint density at radius 1 is 1.09 bits per heavy atom. The SMILES string of the molecule is CN(C)c1ccc2c(=O)c(C(=O)NCc3c(Cl)cccc3Cl)cn(-c3ccc(F)cc3F)c2n1. The summed E-state index contributed by atoms with van der Waals surface area (Å²) in [5.74, 6) is -1.84. The van der Waals surface area contributed by atoms with Crippen molar-refractivity contribution in [2.75, 3.05) is 19.0 Å². The Labute approximate surface area is 203 Å². The predicted octanol–water partition coefficient (Wildman–Crippen LogP) is 4.97. The number of aromatic nitrogens is 2. The van der Waals surface area contributed by atoms with Crippen molar-refractivity contribution in [1.29, 1.82) is 0 Å².